The topological polar surface area (TPSA) is 146 Å². The molecule has 0 aromatic carbocycles. The van der Waals surface area contributed by atoms with Gasteiger partial charge in [-0.25, -0.2) is 9.59 Å². The summed E-state index contributed by atoms with van der Waals surface area (Å²) in [6.07, 6.45) is 6.77. The van der Waals surface area contributed by atoms with Crippen molar-refractivity contribution in [3.05, 3.63) is 47.8 Å². The van der Waals surface area contributed by atoms with Crippen LogP contribution in [0.3, 0.4) is 0 Å². The molecule has 1 saturated carbocycles. The zero-order chi connectivity index (χ0) is 19.1. The molecule has 8 nitrogen and oxygen atoms in total. The van der Waals surface area contributed by atoms with Gasteiger partial charge in [0, 0.05) is 41.7 Å². The molecule has 6 N–H and O–H groups in total. The molecule has 156 valence electrons. The zero-order valence-corrected chi connectivity index (χ0v) is 15.4. The van der Waals surface area contributed by atoms with E-state index < -0.39 is 11.9 Å². The fourth-order valence-electron chi connectivity index (χ4n) is 2.54. The van der Waals surface area contributed by atoms with Crippen molar-refractivity contribution in [2.75, 3.05) is 0 Å². The average molecular weight is 437 g/mol. The van der Waals surface area contributed by atoms with E-state index in [1.54, 1.807) is 0 Å². The fourth-order valence-corrected chi connectivity index (χ4v) is 2.54. The summed E-state index contributed by atoms with van der Waals surface area (Å²) in [5.74, 6) is -2.15. The number of hydrogen-bond donors (Lipinski definition) is 2. The van der Waals surface area contributed by atoms with Crippen LogP contribution >= 0.6 is 0 Å². The second-order valence-corrected chi connectivity index (χ2v) is 5.97. The van der Waals surface area contributed by atoms with Crippen molar-refractivity contribution < 1.29 is 46.5 Å². The van der Waals surface area contributed by atoms with Gasteiger partial charge >= 0.3 is 11.9 Å². The van der Waals surface area contributed by atoms with Gasteiger partial charge in [0.05, 0.1) is 22.5 Å². The van der Waals surface area contributed by atoms with Crippen molar-refractivity contribution >= 4 is 11.9 Å². The number of nitrogens with zero attached hydrogens (tertiary/aromatic N) is 2. The third-order valence-electron chi connectivity index (χ3n) is 4.04. The first-order chi connectivity index (χ1) is 12.4. The molecule has 2 aromatic rings. The van der Waals surface area contributed by atoms with Gasteiger partial charge in [0.2, 0.25) is 12.2 Å². The number of aromatic carboxylic acids is 2. The number of hydrogen-bond acceptors (Lipinski definition) is 4. The molecular formula is C19H26N2NiO6+2. The number of aromatic nitrogens is 2. The maximum atomic E-state index is 10.8. The normalized spacial score (nSPS) is 17.8. The van der Waals surface area contributed by atoms with Crippen LogP contribution in [0.2, 0.25) is 0 Å². The standard InChI is InChI=1S/C12H8N2O4.C6H12O2.CH4.Ni/c15-11(16)7-1-3-13-9(5-7)10-6-8(12(17)18)2-4-14-10;7-5-3-1-2-4-6(5)8;;/h1-6H,(H,15,16)(H,17,18);5-8H,1-4H2;1H4;/p+2. The summed E-state index contributed by atoms with van der Waals surface area (Å²) in [6, 6.07) is 5.40. The molecule has 2 heterocycles. The van der Waals surface area contributed by atoms with Crippen LogP contribution in [0.15, 0.2) is 36.7 Å². The van der Waals surface area contributed by atoms with E-state index in [1.165, 1.54) is 49.5 Å². The third kappa shape index (κ3) is 7.34. The van der Waals surface area contributed by atoms with Crippen molar-refractivity contribution in [3.63, 3.8) is 0 Å². The summed E-state index contributed by atoms with van der Waals surface area (Å²) < 4.78 is 0. The minimum absolute atomic E-state index is 0. The van der Waals surface area contributed by atoms with E-state index >= 15 is 0 Å². The molecule has 3 rings (SSSR count). The van der Waals surface area contributed by atoms with E-state index in [0.717, 1.165) is 12.8 Å². The molecule has 28 heavy (non-hydrogen) atoms. The summed E-state index contributed by atoms with van der Waals surface area (Å²) in [7, 11) is 0. The van der Waals surface area contributed by atoms with E-state index in [1.807, 2.05) is 0 Å². The Morgan fingerprint density at radius 1 is 0.857 bits per heavy atom. The predicted molar refractivity (Wildman–Crippen MR) is 101 cm³/mol. The molecule has 1 aliphatic carbocycles. The maximum Gasteiger partial charge on any atom is 0.335 e. The molecule has 9 heteroatoms. The van der Waals surface area contributed by atoms with Gasteiger partial charge in [-0.05, 0) is 37.1 Å². The summed E-state index contributed by atoms with van der Waals surface area (Å²) in [5, 5.41) is 32.3. The molecule has 1 aliphatic rings. The van der Waals surface area contributed by atoms with Crippen LogP contribution in [0, 0.1) is 0 Å². The van der Waals surface area contributed by atoms with Crippen molar-refractivity contribution in [1.82, 2.24) is 9.97 Å². The van der Waals surface area contributed by atoms with Crippen LogP contribution in [0.5, 0.6) is 0 Å². The second-order valence-electron chi connectivity index (χ2n) is 5.97. The number of carboxylic acid groups (broad SMARTS) is 2. The number of carboxylic acids is 2. The van der Waals surface area contributed by atoms with E-state index in [-0.39, 0.29) is 47.3 Å². The molecule has 0 bridgehead atoms. The summed E-state index contributed by atoms with van der Waals surface area (Å²) in [5.41, 5.74) is 0.779. The first-order valence-corrected chi connectivity index (χ1v) is 8.19. The smallest absolute Gasteiger partial charge is 0.335 e. The first-order valence-electron chi connectivity index (χ1n) is 8.19. The van der Waals surface area contributed by atoms with E-state index in [4.69, 9.17) is 20.4 Å². The Morgan fingerprint density at radius 3 is 1.50 bits per heavy atom. The molecule has 0 amide bonds. The van der Waals surface area contributed by atoms with Crippen LogP contribution in [0.25, 0.3) is 11.4 Å². The third-order valence-corrected chi connectivity index (χ3v) is 4.04. The van der Waals surface area contributed by atoms with Crippen molar-refractivity contribution in [2.45, 2.75) is 45.3 Å². The average Bonchev–Trinajstić information content (AvgIpc) is 2.65. The monoisotopic (exact) mass is 436 g/mol. The van der Waals surface area contributed by atoms with Gasteiger partial charge in [-0.3, -0.25) is 9.97 Å². The Kier molecular flexibility index (Phi) is 11.2. The molecule has 0 spiro atoms. The van der Waals surface area contributed by atoms with Gasteiger partial charge in [0.1, 0.15) is 0 Å². The molecular weight excluding hydrogens is 411 g/mol. The Hall–Kier alpha value is -2.35. The number of pyridine rings is 2. The minimum Gasteiger partial charge on any atom is -0.478 e. The van der Waals surface area contributed by atoms with Gasteiger partial charge in [0.15, 0.2) is 0 Å². The van der Waals surface area contributed by atoms with Crippen LogP contribution in [-0.2, 0) is 16.5 Å². The van der Waals surface area contributed by atoms with Crippen LogP contribution in [-0.4, -0.2) is 54.5 Å². The van der Waals surface area contributed by atoms with Crippen LogP contribution in [0.1, 0.15) is 53.8 Å². The summed E-state index contributed by atoms with van der Waals surface area (Å²) in [4.78, 5) is 29.6. The van der Waals surface area contributed by atoms with E-state index in [9.17, 15) is 9.59 Å². The van der Waals surface area contributed by atoms with Crippen LogP contribution in [0.4, 0.5) is 0 Å². The quantitative estimate of drug-likeness (QED) is 0.554. The Bertz CT molecular complexity index is 721. The summed E-state index contributed by atoms with van der Waals surface area (Å²) in [6.45, 7) is 0. The molecule has 1 fully saturated rings. The zero-order valence-electron chi connectivity index (χ0n) is 14.4. The van der Waals surface area contributed by atoms with E-state index in [2.05, 4.69) is 9.97 Å². The minimum atomic E-state index is -1.08. The van der Waals surface area contributed by atoms with Gasteiger partial charge in [-0.15, -0.1) is 0 Å². The molecule has 0 aliphatic heterocycles. The van der Waals surface area contributed by atoms with Gasteiger partial charge in [-0.2, -0.15) is 0 Å². The Morgan fingerprint density at radius 2 is 1.21 bits per heavy atom. The molecule has 2 atom stereocenters. The predicted octanol–water partition coefficient (Wildman–Crippen LogP) is 1.92. The summed E-state index contributed by atoms with van der Waals surface area (Å²) >= 11 is 0. The van der Waals surface area contributed by atoms with E-state index in [0.29, 0.717) is 11.4 Å². The SMILES string of the molecule is C.O=C(O)c1ccnc(-c2cc(C(=O)O)ccn2)c1.[Ni].[OH2+]C1CCCCC1[OH2+]. The van der Waals surface area contributed by atoms with Crippen molar-refractivity contribution in [1.29, 1.82) is 0 Å². The maximum absolute atomic E-state index is 10.8. The van der Waals surface area contributed by atoms with Gasteiger partial charge in [-0.1, -0.05) is 7.43 Å². The number of carbonyl (C=O) groups is 2. The molecule has 0 saturated heterocycles. The fraction of sp³-hybridized carbons (Fsp3) is 0.368. The molecule has 2 unspecified atom stereocenters. The van der Waals surface area contributed by atoms with Gasteiger partial charge in [0.25, 0.3) is 0 Å². The van der Waals surface area contributed by atoms with Crippen LogP contribution < -0.4 is 0 Å². The first kappa shape index (κ1) is 25.7. The Labute approximate surface area is 173 Å². The second kappa shape index (κ2) is 12.2. The molecule has 2 aromatic heterocycles. The molecule has 0 radical (unpaired) electrons. The van der Waals surface area contributed by atoms with Crippen molar-refractivity contribution in [3.8, 4) is 11.4 Å². The number of rotatable bonds is 3. The largest absolute Gasteiger partial charge is 0.478 e. The Balaban J connectivity index is 0.000000621. The van der Waals surface area contributed by atoms with Gasteiger partial charge < -0.3 is 20.4 Å². The van der Waals surface area contributed by atoms with Crippen molar-refractivity contribution in [2.24, 2.45) is 0 Å².